The summed E-state index contributed by atoms with van der Waals surface area (Å²) in [5.74, 6) is 0.164. The Labute approximate surface area is 235 Å². The molecule has 0 aliphatic rings. The minimum atomic E-state index is -0.558. The second-order valence-corrected chi connectivity index (χ2v) is 9.71. The number of halogens is 1. The van der Waals surface area contributed by atoms with Crippen LogP contribution in [0.15, 0.2) is 108 Å². The van der Waals surface area contributed by atoms with E-state index in [4.69, 9.17) is 26.1 Å². The fraction of sp³-hybridized carbons (Fsp3) is 0.0645. The maximum atomic E-state index is 12.6. The van der Waals surface area contributed by atoms with E-state index in [0.29, 0.717) is 28.3 Å². The Bertz CT molecular complexity index is 1550. The molecule has 1 aromatic heterocycles. The Hall–Kier alpha value is -4.46. The van der Waals surface area contributed by atoms with E-state index < -0.39 is 5.97 Å². The first-order chi connectivity index (χ1) is 19.1. The van der Waals surface area contributed by atoms with Gasteiger partial charge < -0.3 is 9.47 Å². The van der Waals surface area contributed by atoms with Crippen LogP contribution in [-0.2, 0) is 0 Å². The third-order valence-electron chi connectivity index (χ3n) is 5.65. The van der Waals surface area contributed by atoms with E-state index >= 15 is 0 Å². The number of rotatable bonds is 9. The van der Waals surface area contributed by atoms with E-state index in [-0.39, 0.29) is 5.56 Å². The Morgan fingerprint density at radius 3 is 2.33 bits per heavy atom. The molecule has 194 valence electrons. The lowest BCUT2D eigenvalue weighted by Gasteiger charge is -2.11. The van der Waals surface area contributed by atoms with Crippen LogP contribution in [0.3, 0.4) is 0 Å². The summed E-state index contributed by atoms with van der Waals surface area (Å²) in [4.78, 5) is 18.5. The number of nitrogens with one attached hydrogen (secondary N) is 1. The lowest BCUT2D eigenvalue weighted by atomic mass is 10.1. The topological polar surface area (TPSA) is 72.8 Å². The van der Waals surface area contributed by atoms with Crippen molar-refractivity contribution in [3.63, 3.8) is 0 Å². The summed E-state index contributed by atoms with van der Waals surface area (Å²) in [6.07, 6.45) is 1.66. The SMILES string of the molecule is CCOc1cc(/C=N\Nc2nc(-c3ccccc3)c(-c3ccccc3)s2)ccc1OC(=O)c1ccccc1Cl. The average Bonchev–Trinajstić information content (AvgIpc) is 3.40. The summed E-state index contributed by atoms with van der Waals surface area (Å²) >= 11 is 7.67. The van der Waals surface area contributed by atoms with Crippen LogP contribution in [0.2, 0.25) is 5.02 Å². The van der Waals surface area contributed by atoms with E-state index in [1.807, 2.05) is 55.5 Å². The van der Waals surface area contributed by atoms with E-state index in [1.165, 1.54) is 11.3 Å². The van der Waals surface area contributed by atoms with Crippen molar-refractivity contribution in [3.05, 3.63) is 119 Å². The van der Waals surface area contributed by atoms with Gasteiger partial charge in [0.15, 0.2) is 11.5 Å². The highest BCUT2D eigenvalue weighted by Gasteiger charge is 2.16. The first kappa shape index (κ1) is 26.2. The predicted molar refractivity (Wildman–Crippen MR) is 158 cm³/mol. The largest absolute Gasteiger partial charge is 0.490 e. The van der Waals surface area contributed by atoms with Crippen LogP contribution < -0.4 is 14.9 Å². The highest BCUT2D eigenvalue weighted by atomic mass is 35.5. The number of benzene rings is 4. The first-order valence-corrected chi connectivity index (χ1v) is 13.5. The molecule has 1 N–H and O–H groups in total. The molecule has 4 aromatic carbocycles. The molecule has 0 fully saturated rings. The Kier molecular flexibility index (Phi) is 8.31. The number of nitrogens with zero attached hydrogens (tertiary/aromatic N) is 2. The van der Waals surface area contributed by atoms with Gasteiger partial charge in [-0.15, -0.1) is 0 Å². The van der Waals surface area contributed by atoms with Crippen LogP contribution in [0, 0.1) is 0 Å². The summed E-state index contributed by atoms with van der Waals surface area (Å²) in [7, 11) is 0. The molecule has 6 nitrogen and oxygen atoms in total. The van der Waals surface area contributed by atoms with Crippen LogP contribution in [-0.4, -0.2) is 23.8 Å². The van der Waals surface area contributed by atoms with Gasteiger partial charge in [-0.25, -0.2) is 9.78 Å². The quantitative estimate of drug-likeness (QED) is 0.0861. The second-order valence-electron chi connectivity index (χ2n) is 8.31. The molecule has 0 spiro atoms. The van der Waals surface area contributed by atoms with Gasteiger partial charge in [-0.3, -0.25) is 5.43 Å². The number of thiazole rings is 1. The van der Waals surface area contributed by atoms with Crippen molar-refractivity contribution in [1.82, 2.24) is 4.98 Å². The third kappa shape index (κ3) is 6.34. The number of hydrazone groups is 1. The summed E-state index contributed by atoms with van der Waals surface area (Å²) in [6.45, 7) is 2.26. The first-order valence-electron chi connectivity index (χ1n) is 12.3. The van der Waals surface area contributed by atoms with E-state index in [9.17, 15) is 4.79 Å². The molecule has 0 atom stereocenters. The standard InChI is InChI=1S/C31H24ClN3O3S/c1-2-37-27-19-21(17-18-26(27)38-30(36)24-15-9-10-16-25(24)32)20-33-35-31-34-28(22-11-5-3-6-12-22)29(39-31)23-13-7-4-8-14-23/h3-20H,2H2,1H3,(H,34,35)/b33-20-. The normalized spacial score (nSPS) is 10.9. The predicted octanol–water partition coefficient (Wildman–Crippen LogP) is 8.19. The zero-order valence-electron chi connectivity index (χ0n) is 21.0. The van der Waals surface area contributed by atoms with Gasteiger partial charge in [0.2, 0.25) is 5.13 Å². The molecular formula is C31H24ClN3O3S. The zero-order valence-corrected chi connectivity index (χ0v) is 22.6. The number of hydrogen-bond donors (Lipinski definition) is 1. The number of carbonyl (C=O) groups is 1. The van der Waals surface area contributed by atoms with Crippen molar-refractivity contribution in [2.75, 3.05) is 12.0 Å². The van der Waals surface area contributed by atoms with Crippen LogP contribution in [0.5, 0.6) is 11.5 Å². The monoisotopic (exact) mass is 553 g/mol. The van der Waals surface area contributed by atoms with Crippen LogP contribution in [0.25, 0.3) is 21.7 Å². The van der Waals surface area contributed by atoms with Gasteiger partial charge in [0.1, 0.15) is 0 Å². The Morgan fingerprint density at radius 1 is 0.923 bits per heavy atom. The minimum absolute atomic E-state index is 0.282. The molecule has 5 rings (SSSR count). The average molecular weight is 554 g/mol. The molecule has 0 aliphatic carbocycles. The van der Waals surface area contributed by atoms with Crippen LogP contribution >= 0.6 is 22.9 Å². The molecule has 5 aromatic rings. The maximum absolute atomic E-state index is 12.6. The fourth-order valence-corrected chi connectivity index (χ4v) is 5.00. The molecule has 0 saturated carbocycles. The van der Waals surface area contributed by atoms with E-state index in [1.54, 1.807) is 48.7 Å². The van der Waals surface area contributed by atoms with Crippen molar-refractivity contribution in [2.45, 2.75) is 6.92 Å². The minimum Gasteiger partial charge on any atom is -0.490 e. The molecule has 0 unspecified atom stereocenters. The van der Waals surface area contributed by atoms with Crippen molar-refractivity contribution < 1.29 is 14.3 Å². The zero-order chi connectivity index (χ0) is 27.0. The van der Waals surface area contributed by atoms with Gasteiger partial charge in [0.25, 0.3) is 0 Å². The van der Waals surface area contributed by atoms with E-state index in [2.05, 4.69) is 22.7 Å². The lowest BCUT2D eigenvalue weighted by molar-refractivity contribution is 0.0728. The van der Waals surface area contributed by atoms with Gasteiger partial charge in [-0.1, -0.05) is 95.7 Å². The number of carbonyl (C=O) groups excluding carboxylic acids is 1. The summed E-state index contributed by atoms with van der Waals surface area (Å²) in [5, 5.41) is 5.39. The molecule has 0 bridgehead atoms. The maximum Gasteiger partial charge on any atom is 0.345 e. The summed E-state index contributed by atoms with van der Waals surface area (Å²) in [5.41, 5.74) is 7.12. The number of aromatic nitrogens is 1. The molecule has 0 amide bonds. The molecule has 39 heavy (non-hydrogen) atoms. The molecule has 1 heterocycles. The van der Waals surface area contributed by atoms with Crippen LogP contribution in [0.4, 0.5) is 5.13 Å². The lowest BCUT2D eigenvalue weighted by Crippen LogP contribution is -2.10. The van der Waals surface area contributed by atoms with Gasteiger partial charge >= 0.3 is 5.97 Å². The van der Waals surface area contributed by atoms with Crippen molar-refractivity contribution in [2.24, 2.45) is 5.10 Å². The molecular weight excluding hydrogens is 530 g/mol. The van der Waals surface area contributed by atoms with Crippen molar-refractivity contribution in [3.8, 4) is 33.2 Å². The Balaban J connectivity index is 1.35. The van der Waals surface area contributed by atoms with Crippen molar-refractivity contribution >= 4 is 40.3 Å². The number of ether oxygens (including phenoxy) is 2. The third-order valence-corrected chi connectivity index (χ3v) is 6.99. The molecule has 0 radical (unpaired) electrons. The highest BCUT2D eigenvalue weighted by Crippen LogP contribution is 2.39. The number of hydrogen-bond acceptors (Lipinski definition) is 7. The number of anilines is 1. The van der Waals surface area contributed by atoms with Crippen molar-refractivity contribution in [1.29, 1.82) is 0 Å². The van der Waals surface area contributed by atoms with Gasteiger partial charge in [0, 0.05) is 5.56 Å². The van der Waals surface area contributed by atoms with Gasteiger partial charge in [-0.05, 0) is 48.4 Å². The van der Waals surface area contributed by atoms with Gasteiger partial charge in [-0.2, -0.15) is 5.10 Å². The summed E-state index contributed by atoms with van der Waals surface area (Å²) < 4.78 is 11.3. The van der Waals surface area contributed by atoms with Gasteiger partial charge in [0.05, 0.1) is 34.0 Å². The highest BCUT2D eigenvalue weighted by molar-refractivity contribution is 7.19. The summed E-state index contributed by atoms with van der Waals surface area (Å²) in [6, 6.07) is 32.2. The molecule has 0 saturated heterocycles. The second kappa shape index (κ2) is 12.4. The van der Waals surface area contributed by atoms with E-state index in [0.717, 1.165) is 27.3 Å². The smallest absolute Gasteiger partial charge is 0.345 e. The van der Waals surface area contributed by atoms with Crippen LogP contribution in [0.1, 0.15) is 22.8 Å². The Morgan fingerprint density at radius 2 is 1.62 bits per heavy atom. The number of esters is 1. The molecule has 0 aliphatic heterocycles. The fourth-order valence-electron chi connectivity index (χ4n) is 3.85. The molecule has 8 heteroatoms.